The van der Waals surface area contributed by atoms with Crippen molar-refractivity contribution in [2.24, 2.45) is 0 Å². The van der Waals surface area contributed by atoms with Crippen molar-refractivity contribution in [2.75, 3.05) is 7.05 Å². The molecule has 1 atom stereocenters. The molecule has 1 N–H and O–H groups in total. The van der Waals surface area contributed by atoms with Gasteiger partial charge in [-0.05, 0) is 50.2 Å². The van der Waals surface area contributed by atoms with E-state index in [-0.39, 0.29) is 11.9 Å². The van der Waals surface area contributed by atoms with E-state index < -0.39 is 0 Å². The quantitative estimate of drug-likeness (QED) is 0.923. The van der Waals surface area contributed by atoms with Gasteiger partial charge in [-0.2, -0.15) is 0 Å². The van der Waals surface area contributed by atoms with Gasteiger partial charge in [-0.15, -0.1) is 0 Å². The van der Waals surface area contributed by atoms with Gasteiger partial charge in [0.05, 0.1) is 6.26 Å². The molecule has 1 unspecified atom stereocenters. The van der Waals surface area contributed by atoms with Gasteiger partial charge in [-0.3, -0.25) is 0 Å². The molecule has 0 aliphatic heterocycles. The van der Waals surface area contributed by atoms with Crippen LogP contribution in [0, 0.1) is 12.7 Å². The van der Waals surface area contributed by atoms with E-state index in [9.17, 15) is 4.39 Å². The minimum absolute atomic E-state index is 0.123. The lowest BCUT2D eigenvalue weighted by molar-refractivity contribution is 0.511. The molecule has 0 bridgehead atoms. The molecule has 0 fully saturated rings. The average molecular weight is 312 g/mol. The van der Waals surface area contributed by atoms with Crippen molar-refractivity contribution < 1.29 is 8.81 Å². The predicted octanol–water partition coefficient (Wildman–Crippen LogP) is 3.99. The zero-order chi connectivity index (χ0) is 13.1. The Bertz CT molecular complexity index is 518. The molecule has 1 aromatic heterocycles. The van der Waals surface area contributed by atoms with Gasteiger partial charge >= 0.3 is 0 Å². The van der Waals surface area contributed by atoms with E-state index in [4.69, 9.17) is 4.42 Å². The Morgan fingerprint density at radius 1 is 1.39 bits per heavy atom. The van der Waals surface area contributed by atoms with Crippen LogP contribution in [0.25, 0.3) is 0 Å². The number of benzene rings is 1. The van der Waals surface area contributed by atoms with Crippen molar-refractivity contribution in [2.45, 2.75) is 19.4 Å². The van der Waals surface area contributed by atoms with Gasteiger partial charge < -0.3 is 9.73 Å². The molecule has 0 saturated heterocycles. The standard InChI is InChI=1S/C14H15BrFNO/c1-9-13(3-4-18-9)14(17-2)7-10-5-11(15)8-12(16)6-10/h3-6,8,14,17H,7H2,1-2H3. The van der Waals surface area contributed by atoms with Crippen molar-refractivity contribution in [3.63, 3.8) is 0 Å². The Hall–Kier alpha value is -1.13. The van der Waals surface area contributed by atoms with E-state index in [2.05, 4.69) is 21.2 Å². The van der Waals surface area contributed by atoms with E-state index >= 15 is 0 Å². The Kier molecular flexibility index (Phi) is 4.19. The van der Waals surface area contributed by atoms with Crippen LogP contribution in [0.3, 0.4) is 0 Å². The highest BCUT2D eigenvalue weighted by Gasteiger charge is 2.15. The summed E-state index contributed by atoms with van der Waals surface area (Å²) in [5, 5.41) is 3.23. The van der Waals surface area contributed by atoms with Crippen LogP contribution >= 0.6 is 15.9 Å². The summed E-state index contributed by atoms with van der Waals surface area (Å²) in [7, 11) is 1.89. The largest absolute Gasteiger partial charge is 0.469 e. The molecular formula is C14H15BrFNO. The zero-order valence-corrected chi connectivity index (χ0v) is 11.9. The zero-order valence-electron chi connectivity index (χ0n) is 10.3. The number of hydrogen-bond donors (Lipinski definition) is 1. The number of aryl methyl sites for hydroxylation is 1. The molecule has 2 aromatic rings. The lowest BCUT2D eigenvalue weighted by Crippen LogP contribution is -2.19. The van der Waals surface area contributed by atoms with Crippen molar-refractivity contribution in [1.82, 2.24) is 5.32 Å². The first kappa shape index (κ1) is 13.3. The van der Waals surface area contributed by atoms with Gasteiger partial charge in [-0.25, -0.2) is 4.39 Å². The van der Waals surface area contributed by atoms with Gasteiger partial charge in [-0.1, -0.05) is 15.9 Å². The molecule has 0 aliphatic rings. The maximum Gasteiger partial charge on any atom is 0.124 e. The maximum absolute atomic E-state index is 13.3. The summed E-state index contributed by atoms with van der Waals surface area (Å²) in [5.41, 5.74) is 2.06. The second kappa shape index (κ2) is 5.67. The monoisotopic (exact) mass is 311 g/mol. The van der Waals surface area contributed by atoms with Crippen LogP contribution in [0.5, 0.6) is 0 Å². The number of likely N-dealkylation sites (N-methyl/N-ethyl adjacent to an activating group) is 1. The Morgan fingerprint density at radius 2 is 2.17 bits per heavy atom. The maximum atomic E-state index is 13.3. The lowest BCUT2D eigenvalue weighted by Gasteiger charge is -2.16. The van der Waals surface area contributed by atoms with E-state index in [1.807, 2.05) is 26.1 Å². The van der Waals surface area contributed by atoms with Crippen molar-refractivity contribution in [1.29, 1.82) is 0 Å². The third-order valence-corrected chi connectivity index (χ3v) is 3.44. The van der Waals surface area contributed by atoms with Crippen LogP contribution < -0.4 is 5.32 Å². The van der Waals surface area contributed by atoms with Crippen LogP contribution in [-0.2, 0) is 6.42 Å². The van der Waals surface area contributed by atoms with Crippen LogP contribution in [0.1, 0.15) is 22.9 Å². The average Bonchev–Trinajstić information content (AvgIpc) is 2.71. The second-order valence-corrected chi connectivity index (χ2v) is 5.17. The molecule has 0 spiro atoms. The van der Waals surface area contributed by atoms with E-state index in [0.29, 0.717) is 6.42 Å². The van der Waals surface area contributed by atoms with Crippen LogP contribution in [0.15, 0.2) is 39.4 Å². The minimum atomic E-state index is -0.224. The highest BCUT2D eigenvalue weighted by atomic mass is 79.9. The summed E-state index contributed by atoms with van der Waals surface area (Å²) in [5.74, 6) is 0.669. The fourth-order valence-corrected chi connectivity index (χ4v) is 2.60. The number of nitrogens with one attached hydrogen (secondary N) is 1. The van der Waals surface area contributed by atoms with Crippen LogP contribution in [0.2, 0.25) is 0 Å². The second-order valence-electron chi connectivity index (χ2n) is 4.26. The first-order chi connectivity index (χ1) is 8.60. The van der Waals surface area contributed by atoms with Gasteiger partial charge in [0.15, 0.2) is 0 Å². The molecule has 96 valence electrons. The summed E-state index contributed by atoms with van der Waals surface area (Å²) in [4.78, 5) is 0. The topological polar surface area (TPSA) is 25.2 Å². The van der Waals surface area contributed by atoms with E-state index in [1.54, 1.807) is 12.3 Å². The third kappa shape index (κ3) is 3.00. The normalized spacial score (nSPS) is 12.7. The van der Waals surface area contributed by atoms with E-state index in [1.165, 1.54) is 6.07 Å². The summed E-state index contributed by atoms with van der Waals surface area (Å²) < 4.78 is 19.4. The molecule has 0 amide bonds. The molecule has 4 heteroatoms. The van der Waals surface area contributed by atoms with Gasteiger partial charge in [0.25, 0.3) is 0 Å². The lowest BCUT2D eigenvalue weighted by atomic mass is 9.99. The van der Waals surface area contributed by atoms with E-state index in [0.717, 1.165) is 21.4 Å². The molecule has 0 aliphatic carbocycles. The van der Waals surface area contributed by atoms with Gasteiger partial charge in [0.1, 0.15) is 11.6 Å². The molecule has 2 rings (SSSR count). The predicted molar refractivity (Wildman–Crippen MR) is 73.0 cm³/mol. The Labute approximate surface area is 114 Å². The molecular weight excluding hydrogens is 297 g/mol. The first-order valence-corrected chi connectivity index (χ1v) is 6.55. The third-order valence-electron chi connectivity index (χ3n) is 2.98. The minimum Gasteiger partial charge on any atom is -0.469 e. The van der Waals surface area contributed by atoms with Gasteiger partial charge in [0.2, 0.25) is 0 Å². The fourth-order valence-electron chi connectivity index (χ4n) is 2.09. The molecule has 18 heavy (non-hydrogen) atoms. The summed E-state index contributed by atoms with van der Waals surface area (Å²) in [6.45, 7) is 1.93. The Balaban J connectivity index is 2.23. The smallest absolute Gasteiger partial charge is 0.124 e. The van der Waals surface area contributed by atoms with Crippen LogP contribution in [0.4, 0.5) is 4.39 Å². The molecule has 0 saturated carbocycles. The first-order valence-electron chi connectivity index (χ1n) is 5.76. The van der Waals surface area contributed by atoms with Crippen molar-refractivity contribution >= 4 is 15.9 Å². The fraction of sp³-hybridized carbons (Fsp3) is 0.286. The van der Waals surface area contributed by atoms with Gasteiger partial charge in [0, 0.05) is 16.1 Å². The highest BCUT2D eigenvalue weighted by molar-refractivity contribution is 9.10. The van der Waals surface area contributed by atoms with Crippen molar-refractivity contribution in [3.8, 4) is 0 Å². The summed E-state index contributed by atoms with van der Waals surface area (Å²) >= 11 is 3.31. The number of furan rings is 1. The number of hydrogen-bond acceptors (Lipinski definition) is 2. The molecule has 1 heterocycles. The highest BCUT2D eigenvalue weighted by Crippen LogP contribution is 2.24. The van der Waals surface area contributed by atoms with Crippen LogP contribution in [-0.4, -0.2) is 7.05 Å². The number of halogens is 2. The SMILES string of the molecule is CNC(Cc1cc(F)cc(Br)c1)c1ccoc1C. The summed E-state index contributed by atoms with van der Waals surface area (Å²) in [6.07, 6.45) is 2.39. The number of rotatable bonds is 4. The molecule has 2 nitrogen and oxygen atoms in total. The molecule has 0 radical (unpaired) electrons. The molecule has 1 aromatic carbocycles. The Morgan fingerprint density at radius 3 is 2.72 bits per heavy atom. The summed E-state index contributed by atoms with van der Waals surface area (Å²) in [6, 6.07) is 7.02. The van der Waals surface area contributed by atoms with Crippen molar-refractivity contribution in [3.05, 3.63) is 57.7 Å².